The molecule has 2 heterocycles. The summed E-state index contributed by atoms with van der Waals surface area (Å²) in [5, 5.41) is 32.6. The fourth-order valence-corrected chi connectivity index (χ4v) is 2.80. The molecule has 0 bridgehead atoms. The van der Waals surface area contributed by atoms with Crippen molar-refractivity contribution < 1.29 is 20.1 Å². The third-order valence-electron chi connectivity index (χ3n) is 3.92. The van der Waals surface area contributed by atoms with Crippen molar-refractivity contribution in [2.45, 2.75) is 50.7 Å². The predicted octanol–water partition coefficient (Wildman–Crippen LogP) is -1.70. The van der Waals surface area contributed by atoms with E-state index in [0.29, 0.717) is 19.5 Å². The van der Waals surface area contributed by atoms with Crippen LogP contribution in [0.3, 0.4) is 0 Å². The highest BCUT2D eigenvalue weighted by molar-refractivity contribution is 5.78. The number of rotatable bonds is 2. The Hall–Kier alpha value is -0.690. The van der Waals surface area contributed by atoms with Crippen LogP contribution in [0, 0.1) is 5.92 Å². The molecule has 0 radical (unpaired) electrons. The molecule has 0 aliphatic carbocycles. The molecule has 18 heavy (non-hydrogen) atoms. The molecule has 0 saturated carbocycles. The molecule has 2 saturated heterocycles. The lowest BCUT2D eigenvalue weighted by Crippen LogP contribution is -2.65. The molecule has 2 aliphatic heterocycles. The van der Waals surface area contributed by atoms with E-state index >= 15 is 0 Å². The second-order valence-electron chi connectivity index (χ2n) is 5.59. The van der Waals surface area contributed by atoms with Gasteiger partial charge < -0.3 is 20.6 Å². The van der Waals surface area contributed by atoms with E-state index in [9.17, 15) is 20.1 Å². The van der Waals surface area contributed by atoms with Crippen LogP contribution in [0.5, 0.6) is 0 Å². The van der Waals surface area contributed by atoms with E-state index < -0.39 is 30.4 Å². The number of carbonyl (C=O) groups excluding carboxylic acids is 1. The van der Waals surface area contributed by atoms with Crippen LogP contribution in [0.15, 0.2) is 0 Å². The fraction of sp³-hybridized carbons (Fsp3) is 0.917. The predicted molar refractivity (Wildman–Crippen MR) is 64.8 cm³/mol. The Labute approximate surface area is 107 Å². The number of fused-ring (bicyclic) bond motifs is 1. The Morgan fingerprint density at radius 3 is 2.56 bits per heavy atom. The van der Waals surface area contributed by atoms with Gasteiger partial charge in [0.15, 0.2) is 0 Å². The highest BCUT2D eigenvalue weighted by Gasteiger charge is 2.48. The summed E-state index contributed by atoms with van der Waals surface area (Å²) < 4.78 is 0. The minimum absolute atomic E-state index is 0.135. The summed E-state index contributed by atoms with van der Waals surface area (Å²) in [6.07, 6.45) is -2.05. The topological polar surface area (TPSA) is 93.0 Å². The van der Waals surface area contributed by atoms with E-state index in [1.54, 1.807) is 13.8 Å². The lowest BCUT2D eigenvalue weighted by Gasteiger charge is -2.43. The molecule has 0 aromatic carbocycles. The van der Waals surface area contributed by atoms with Crippen LogP contribution in [0.4, 0.5) is 0 Å². The number of amides is 1. The van der Waals surface area contributed by atoms with Gasteiger partial charge in [-0.05, 0) is 6.42 Å². The first kappa shape index (κ1) is 13.7. The highest BCUT2D eigenvalue weighted by Crippen LogP contribution is 2.28. The molecule has 2 rings (SSSR count). The summed E-state index contributed by atoms with van der Waals surface area (Å²) in [6.45, 7) is 4.72. The lowest BCUT2D eigenvalue weighted by molar-refractivity contribution is -0.132. The number of nitrogens with one attached hydrogen (secondary N) is 1. The average molecular weight is 258 g/mol. The molecule has 4 N–H and O–H groups in total. The molecule has 0 aromatic heterocycles. The van der Waals surface area contributed by atoms with Crippen molar-refractivity contribution in [3.05, 3.63) is 0 Å². The van der Waals surface area contributed by atoms with Crippen molar-refractivity contribution in [1.29, 1.82) is 0 Å². The van der Waals surface area contributed by atoms with Gasteiger partial charge in [-0.3, -0.25) is 9.69 Å². The van der Waals surface area contributed by atoms with Crippen LogP contribution < -0.4 is 5.32 Å². The largest absolute Gasteiger partial charge is 0.391 e. The van der Waals surface area contributed by atoms with Gasteiger partial charge in [0.2, 0.25) is 5.91 Å². The van der Waals surface area contributed by atoms with Crippen LogP contribution in [-0.2, 0) is 4.79 Å². The number of piperidine rings is 1. The van der Waals surface area contributed by atoms with Crippen molar-refractivity contribution in [2.75, 3.05) is 13.1 Å². The van der Waals surface area contributed by atoms with Crippen molar-refractivity contribution in [1.82, 2.24) is 10.2 Å². The number of carbonyl (C=O) groups is 1. The number of aliphatic hydroxyl groups excluding tert-OH is 3. The monoisotopic (exact) mass is 258 g/mol. The lowest BCUT2D eigenvalue weighted by atomic mass is 9.91. The zero-order valence-electron chi connectivity index (χ0n) is 10.8. The second-order valence-corrected chi connectivity index (χ2v) is 5.59. The summed E-state index contributed by atoms with van der Waals surface area (Å²) in [5.41, 5.74) is 0. The summed E-state index contributed by atoms with van der Waals surface area (Å²) in [4.78, 5) is 13.6. The second kappa shape index (κ2) is 5.13. The van der Waals surface area contributed by atoms with Crippen molar-refractivity contribution in [3.63, 3.8) is 0 Å². The summed E-state index contributed by atoms with van der Waals surface area (Å²) in [6, 6.07) is -0.886. The molecule has 104 valence electrons. The van der Waals surface area contributed by atoms with E-state index in [1.807, 2.05) is 4.90 Å². The molecule has 5 atom stereocenters. The first-order valence-corrected chi connectivity index (χ1v) is 6.50. The van der Waals surface area contributed by atoms with Crippen LogP contribution in [0.2, 0.25) is 0 Å². The standard InChI is InChI=1S/C12H22N2O4/c1-6(2)12(18)13-7-5-14-4-3-8(15)9(14)11(17)10(7)16/h6-11,15-17H,3-5H2,1-2H3,(H,13,18)/t7-,8-,9+,10+,11+/m0/s1. The quantitative estimate of drug-likeness (QED) is 0.474. The summed E-state index contributed by atoms with van der Waals surface area (Å²) in [5.74, 6) is -0.291. The molecule has 2 fully saturated rings. The zero-order chi connectivity index (χ0) is 13.4. The van der Waals surface area contributed by atoms with E-state index in [2.05, 4.69) is 5.32 Å². The van der Waals surface area contributed by atoms with Gasteiger partial charge in [-0.25, -0.2) is 0 Å². The van der Waals surface area contributed by atoms with E-state index in [1.165, 1.54) is 0 Å². The Kier molecular flexibility index (Phi) is 3.91. The molecule has 1 amide bonds. The van der Waals surface area contributed by atoms with E-state index in [-0.39, 0.29) is 11.8 Å². The molecule has 0 unspecified atom stereocenters. The SMILES string of the molecule is CC(C)C(=O)N[C@H]1CN2CC[C@H](O)[C@@H]2[C@@H](O)[C@@H]1O. The van der Waals surface area contributed by atoms with Crippen molar-refractivity contribution in [3.8, 4) is 0 Å². The molecular formula is C12H22N2O4. The maximum absolute atomic E-state index is 11.6. The number of hydrogen-bond acceptors (Lipinski definition) is 5. The van der Waals surface area contributed by atoms with Crippen LogP contribution in [0.25, 0.3) is 0 Å². The van der Waals surface area contributed by atoms with Crippen molar-refractivity contribution >= 4 is 5.91 Å². The van der Waals surface area contributed by atoms with Gasteiger partial charge in [0.1, 0.15) is 6.10 Å². The van der Waals surface area contributed by atoms with Gasteiger partial charge in [-0.1, -0.05) is 13.8 Å². The van der Waals surface area contributed by atoms with E-state index in [0.717, 1.165) is 0 Å². The number of nitrogens with zero attached hydrogens (tertiary/aromatic N) is 1. The molecule has 0 spiro atoms. The third-order valence-corrected chi connectivity index (χ3v) is 3.92. The smallest absolute Gasteiger partial charge is 0.222 e. The molecule has 0 aromatic rings. The minimum atomic E-state index is -1.03. The van der Waals surface area contributed by atoms with Gasteiger partial charge in [-0.2, -0.15) is 0 Å². The first-order chi connectivity index (χ1) is 8.41. The van der Waals surface area contributed by atoms with Gasteiger partial charge in [0.25, 0.3) is 0 Å². The number of hydrogen-bond donors (Lipinski definition) is 4. The normalized spacial score (nSPS) is 40.9. The third kappa shape index (κ3) is 2.38. The minimum Gasteiger partial charge on any atom is -0.391 e. The van der Waals surface area contributed by atoms with Gasteiger partial charge >= 0.3 is 0 Å². The Bertz CT molecular complexity index is 323. The Morgan fingerprint density at radius 1 is 1.28 bits per heavy atom. The highest BCUT2D eigenvalue weighted by atomic mass is 16.3. The maximum atomic E-state index is 11.6. The first-order valence-electron chi connectivity index (χ1n) is 6.50. The maximum Gasteiger partial charge on any atom is 0.222 e. The summed E-state index contributed by atoms with van der Waals surface area (Å²) >= 11 is 0. The van der Waals surface area contributed by atoms with Gasteiger partial charge in [0, 0.05) is 19.0 Å². The zero-order valence-corrected chi connectivity index (χ0v) is 10.8. The van der Waals surface area contributed by atoms with Crippen LogP contribution in [0.1, 0.15) is 20.3 Å². The molecule has 6 heteroatoms. The van der Waals surface area contributed by atoms with E-state index in [4.69, 9.17) is 0 Å². The molecular weight excluding hydrogens is 236 g/mol. The van der Waals surface area contributed by atoms with Gasteiger partial charge in [-0.15, -0.1) is 0 Å². The Morgan fingerprint density at radius 2 is 1.94 bits per heavy atom. The Balaban J connectivity index is 2.04. The molecule has 6 nitrogen and oxygen atoms in total. The van der Waals surface area contributed by atoms with Crippen LogP contribution in [-0.4, -0.2) is 69.6 Å². The van der Waals surface area contributed by atoms with Crippen LogP contribution >= 0.6 is 0 Å². The summed E-state index contributed by atoms with van der Waals surface area (Å²) in [7, 11) is 0. The fourth-order valence-electron chi connectivity index (χ4n) is 2.80. The average Bonchev–Trinajstić information content (AvgIpc) is 2.67. The van der Waals surface area contributed by atoms with Gasteiger partial charge in [0.05, 0.1) is 24.3 Å². The number of aliphatic hydroxyl groups is 3. The van der Waals surface area contributed by atoms with Crippen molar-refractivity contribution in [2.24, 2.45) is 5.92 Å². The molecule has 2 aliphatic rings.